The SMILES string of the molecule is Fc1cc(Cl)cnc1C#CCS. The Morgan fingerprint density at radius 2 is 2.42 bits per heavy atom. The second-order valence-corrected chi connectivity index (χ2v) is 2.70. The molecule has 4 heteroatoms. The molecule has 0 aromatic carbocycles. The van der Waals surface area contributed by atoms with E-state index < -0.39 is 5.82 Å². The number of halogens is 2. The third-order valence-corrected chi connectivity index (χ3v) is 1.46. The van der Waals surface area contributed by atoms with Crippen LogP contribution < -0.4 is 0 Å². The standard InChI is InChI=1S/C8H5ClFNS/c9-6-4-7(10)8(11-5-6)2-1-3-12/h4-5,12H,3H2. The molecule has 1 aromatic rings. The van der Waals surface area contributed by atoms with Gasteiger partial charge in [-0.2, -0.15) is 12.6 Å². The third kappa shape index (κ3) is 2.40. The number of nitrogens with zero attached hydrogens (tertiary/aromatic N) is 1. The number of aromatic nitrogens is 1. The number of hydrogen-bond acceptors (Lipinski definition) is 2. The fourth-order valence-electron chi connectivity index (χ4n) is 0.630. The topological polar surface area (TPSA) is 12.9 Å². The Morgan fingerprint density at radius 1 is 1.67 bits per heavy atom. The predicted molar refractivity (Wildman–Crippen MR) is 49.9 cm³/mol. The van der Waals surface area contributed by atoms with Crippen molar-refractivity contribution >= 4 is 24.2 Å². The van der Waals surface area contributed by atoms with Crippen LogP contribution in [-0.4, -0.2) is 10.7 Å². The zero-order chi connectivity index (χ0) is 8.97. The van der Waals surface area contributed by atoms with Gasteiger partial charge in [-0.3, -0.25) is 0 Å². The Kier molecular flexibility index (Phi) is 3.39. The first-order valence-corrected chi connectivity index (χ1v) is 4.16. The van der Waals surface area contributed by atoms with Gasteiger partial charge in [-0.15, -0.1) is 0 Å². The minimum Gasteiger partial charge on any atom is -0.243 e. The lowest BCUT2D eigenvalue weighted by molar-refractivity contribution is 0.617. The van der Waals surface area contributed by atoms with Gasteiger partial charge in [-0.25, -0.2) is 9.37 Å². The van der Waals surface area contributed by atoms with Crippen molar-refractivity contribution in [3.63, 3.8) is 0 Å². The van der Waals surface area contributed by atoms with E-state index in [1.807, 2.05) is 0 Å². The molecule has 0 aliphatic rings. The van der Waals surface area contributed by atoms with E-state index in [0.29, 0.717) is 5.75 Å². The zero-order valence-corrected chi connectivity index (χ0v) is 7.66. The molecular formula is C8H5ClFNS. The number of thiol groups is 1. The Bertz CT molecular complexity index is 343. The van der Waals surface area contributed by atoms with Crippen LogP contribution in [0.5, 0.6) is 0 Å². The quantitative estimate of drug-likeness (QED) is 0.502. The van der Waals surface area contributed by atoms with E-state index in [-0.39, 0.29) is 10.7 Å². The molecule has 0 saturated carbocycles. The summed E-state index contributed by atoms with van der Waals surface area (Å²) in [7, 11) is 0. The summed E-state index contributed by atoms with van der Waals surface area (Å²) >= 11 is 9.34. The molecule has 12 heavy (non-hydrogen) atoms. The molecular weight excluding hydrogens is 197 g/mol. The maximum Gasteiger partial charge on any atom is 0.158 e. The van der Waals surface area contributed by atoms with Crippen LogP contribution in [-0.2, 0) is 0 Å². The molecule has 0 aliphatic heterocycles. The lowest BCUT2D eigenvalue weighted by Gasteiger charge is -1.92. The highest BCUT2D eigenvalue weighted by Gasteiger charge is 1.99. The molecule has 1 heterocycles. The van der Waals surface area contributed by atoms with Crippen molar-refractivity contribution in [1.82, 2.24) is 4.98 Å². The van der Waals surface area contributed by atoms with Gasteiger partial charge in [-0.1, -0.05) is 17.5 Å². The summed E-state index contributed by atoms with van der Waals surface area (Å²) in [5.41, 5.74) is 0.105. The summed E-state index contributed by atoms with van der Waals surface area (Å²) in [5, 5.41) is 0.268. The molecule has 0 unspecified atom stereocenters. The molecule has 0 fully saturated rings. The first-order valence-electron chi connectivity index (χ1n) is 3.15. The van der Waals surface area contributed by atoms with Gasteiger partial charge in [0.1, 0.15) is 5.69 Å². The van der Waals surface area contributed by atoms with E-state index in [1.54, 1.807) is 0 Å². The summed E-state index contributed by atoms with van der Waals surface area (Å²) in [6.07, 6.45) is 1.35. The van der Waals surface area contributed by atoms with Gasteiger partial charge in [-0.05, 0) is 12.0 Å². The lowest BCUT2D eigenvalue weighted by Crippen LogP contribution is -1.88. The van der Waals surface area contributed by atoms with E-state index in [1.165, 1.54) is 12.3 Å². The van der Waals surface area contributed by atoms with E-state index in [0.717, 1.165) is 0 Å². The second-order valence-electron chi connectivity index (χ2n) is 1.94. The van der Waals surface area contributed by atoms with Gasteiger partial charge in [0, 0.05) is 6.20 Å². The molecule has 0 atom stereocenters. The minimum atomic E-state index is -0.503. The molecule has 0 bridgehead atoms. The highest BCUT2D eigenvalue weighted by Crippen LogP contribution is 2.10. The summed E-state index contributed by atoms with van der Waals surface area (Å²) in [6, 6.07) is 1.18. The van der Waals surface area contributed by atoms with E-state index in [9.17, 15) is 4.39 Å². The Hall–Kier alpha value is -0.720. The van der Waals surface area contributed by atoms with Gasteiger partial charge in [0.15, 0.2) is 5.82 Å². The van der Waals surface area contributed by atoms with Gasteiger partial charge in [0.05, 0.1) is 10.8 Å². The Labute approximate surface area is 80.4 Å². The van der Waals surface area contributed by atoms with Crippen LogP contribution >= 0.6 is 24.2 Å². The van der Waals surface area contributed by atoms with Gasteiger partial charge >= 0.3 is 0 Å². The summed E-state index contributed by atoms with van der Waals surface area (Å²) in [4.78, 5) is 3.70. The number of hydrogen-bond donors (Lipinski definition) is 1. The summed E-state index contributed by atoms with van der Waals surface area (Å²) in [6.45, 7) is 0. The largest absolute Gasteiger partial charge is 0.243 e. The molecule has 0 amide bonds. The predicted octanol–water partition coefficient (Wildman–Crippen LogP) is 2.16. The molecule has 0 aliphatic carbocycles. The zero-order valence-electron chi connectivity index (χ0n) is 6.01. The van der Waals surface area contributed by atoms with E-state index >= 15 is 0 Å². The molecule has 0 N–H and O–H groups in total. The fourth-order valence-corrected chi connectivity index (χ4v) is 0.853. The first kappa shape index (κ1) is 9.37. The van der Waals surface area contributed by atoms with Crippen LogP contribution in [0.15, 0.2) is 12.3 Å². The molecule has 0 radical (unpaired) electrons. The third-order valence-electron chi connectivity index (χ3n) is 1.09. The van der Waals surface area contributed by atoms with Crippen molar-refractivity contribution in [3.05, 3.63) is 28.8 Å². The maximum atomic E-state index is 12.9. The van der Waals surface area contributed by atoms with Crippen LogP contribution in [0, 0.1) is 17.7 Å². The molecule has 0 spiro atoms. The van der Waals surface area contributed by atoms with Crippen LogP contribution in [0.25, 0.3) is 0 Å². The summed E-state index contributed by atoms with van der Waals surface area (Å²) in [5.74, 6) is 4.99. The number of pyridine rings is 1. The first-order chi connectivity index (χ1) is 5.74. The molecule has 62 valence electrons. The molecule has 0 saturated heterocycles. The van der Waals surface area contributed by atoms with Crippen LogP contribution in [0.2, 0.25) is 5.02 Å². The van der Waals surface area contributed by atoms with Crippen LogP contribution in [0.3, 0.4) is 0 Å². The Morgan fingerprint density at radius 3 is 3.00 bits per heavy atom. The minimum absolute atomic E-state index is 0.105. The Balaban J connectivity index is 3.01. The molecule has 1 nitrogen and oxygen atoms in total. The second kappa shape index (κ2) is 4.34. The van der Waals surface area contributed by atoms with Crippen LogP contribution in [0.1, 0.15) is 5.69 Å². The average molecular weight is 202 g/mol. The summed E-state index contributed by atoms with van der Waals surface area (Å²) < 4.78 is 12.9. The normalized spacial score (nSPS) is 8.92. The smallest absolute Gasteiger partial charge is 0.158 e. The highest BCUT2D eigenvalue weighted by atomic mass is 35.5. The van der Waals surface area contributed by atoms with Crippen molar-refractivity contribution in [2.75, 3.05) is 5.75 Å². The maximum absolute atomic E-state index is 12.9. The van der Waals surface area contributed by atoms with Gasteiger partial charge in [0.25, 0.3) is 0 Å². The lowest BCUT2D eigenvalue weighted by atomic mass is 10.3. The average Bonchev–Trinajstić information content (AvgIpc) is 2.03. The van der Waals surface area contributed by atoms with Crippen molar-refractivity contribution in [2.45, 2.75) is 0 Å². The van der Waals surface area contributed by atoms with E-state index in [4.69, 9.17) is 11.6 Å². The van der Waals surface area contributed by atoms with Gasteiger partial charge in [0.2, 0.25) is 0 Å². The van der Waals surface area contributed by atoms with Crippen molar-refractivity contribution < 1.29 is 4.39 Å². The number of rotatable bonds is 0. The van der Waals surface area contributed by atoms with E-state index in [2.05, 4.69) is 29.5 Å². The fraction of sp³-hybridized carbons (Fsp3) is 0.125. The highest BCUT2D eigenvalue weighted by molar-refractivity contribution is 7.80. The van der Waals surface area contributed by atoms with Crippen molar-refractivity contribution in [2.24, 2.45) is 0 Å². The van der Waals surface area contributed by atoms with Gasteiger partial charge < -0.3 is 0 Å². The monoisotopic (exact) mass is 201 g/mol. The van der Waals surface area contributed by atoms with Crippen LogP contribution in [0.4, 0.5) is 4.39 Å². The van der Waals surface area contributed by atoms with Crippen molar-refractivity contribution in [1.29, 1.82) is 0 Å². The molecule has 1 aromatic heterocycles. The van der Waals surface area contributed by atoms with Crippen molar-refractivity contribution in [3.8, 4) is 11.8 Å². The molecule has 1 rings (SSSR count).